The number of amides is 2. The number of piperazine rings is 1. The fourth-order valence-corrected chi connectivity index (χ4v) is 4.98. The number of halogens is 1. The SMILES string of the molecule is CCS(=O)(=O)N1CC(=O)N(c2cc(C)ccc2C)[C@](C)(C(=O)NCc2ccc(F)cc2)C1. The molecular formula is C23H28FN3O4S. The minimum Gasteiger partial charge on any atom is -0.350 e. The monoisotopic (exact) mass is 461 g/mol. The fourth-order valence-electron chi connectivity index (χ4n) is 3.85. The third kappa shape index (κ3) is 4.68. The molecule has 0 saturated carbocycles. The van der Waals surface area contributed by atoms with Crippen LogP contribution in [0.5, 0.6) is 0 Å². The predicted molar refractivity (Wildman–Crippen MR) is 121 cm³/mol. The lowest BCUT2D eigenvalue weighted by Gasteiger charge is -2.47. The molecule has 1 saturated heterocycles. The van der Waals surface area contributed by atoms with Crippen molar-refractivity contribution in [3.05, 3.63) is 65.0 Å². The second-order valence-corrected chi connectivity index (χ2v) is 10.5. The first-order chi connectivity index (χ1) is 15.0. The molecule has 9 heteroatoms. The standard InChI is InChI=1S/C23H28FN3O4S/c1-5-32(30,31)26-14-21(28)27(20-12-16(2)6-7-17(20)3)23(4,15-26)22(29)25-13-18-8-10-19(24)11-9-18/h6-12H,5,13-15H2,1-4H3,(H,25,29)/t23-/m0/s1. The van der Waals surface area contributed by atoms with E-state index in [1.54, 1.807) is 19.1 Å². The van der Waals surface area contributed by atoms with Crippen LogP contribution in [0.15, 0.2) is 42.5 Å². The molecule has 1 aliphatic heterocycles. The number of nitrogens with one attached hydrogen (secondary N) is 1. The molecule has 1 N–H and O–H groups in total. The second-order valence-electron chi connectivity index (χ2n) is 8.27. The van der Waals surface area contributed by atoms with E-state index >= 15 is 0 Å². The highest BCUT2D eigenvalue weighted by atomic mass is 32.2. The van der Waals surface area contributed by atoms with Crippen molar-refractivity contribution in [3.8, 4) is 0 Å². The van der Waals surface area contributed by atoms with Gasteiger partial charge in [0, 0.05) is 18.8 Å². The Morgan fingerprint density at radius 3 is 2.44 bits per heavy atom. The van der Waals surface area contributed by atoms with Crippen LogP contribution in [-0.4, -0.2) is 48.9 Å². The first kappa shape index (κ1) is 23.9. The molecule has 172 valence electrons. The lowest BCUT2D eigenvalue weighted by molar-refractivity contribution is -0.133. The highest BCUT2D eigenvalue weighted by molar-refractivity contribution is 7.89. The van der Waals surface area contributed by atoms with Crippen molar-refractivity contribution in [2.45, 2.75) is 39.8 Å². The molecule has 0 radical (unpaired) electrons. The number of hydrogen-bond acceptors (Lipinski definition) is 4. The van der Waals surface area contributed by atoms with Crippen molar-refractivity contribution in [1.29, 1.82) is 0 Å². The summed E-state index contributed by atoms with van der Waals surface area (Å²) in [6.07, 6.45) is 0. The van der Waals surface area contributed by atoms with Crippen molar-refractivity contribution < 1.29 is 22.4 Å². The maximum atomic E-state index is 13.4. The van der Waals surface area contributed by atoms with E-state index in [4.69, 9.17) is 0 Å². The summed E-state index contributed by atoms with van der Waals surface area (Å²) in [5, 5.41) is 2.80. The van der Waals surface area contributed by atoms with Crippen LogP contribution in [0, 0.1) is 19.7 Å². The van der Waals surface area contributed by atoms with Crippen molar-refractivity contribution in [2.24, 2.45) is 0 Å². The summed E-state index contributed by atoms with van der Waals surface area (Å²) in [6, 6.07) is 11.3. The van der Waals surface area contributed by atoms with Crippen LogP contribution in [0.1, 0.15) is 30.5 Å². The van der Waals surface area contributed by atoms with Gasteiger partial charge in [-0.3, -0.25) is 14.5 Å². The third-order valence-electron chi connectivity index (χ3n) is 5.76. The van der Waals surface area contributed by atoms with E-state index in [2.05, 4.69) is 5.32 Å². The summed E-state index contributed by atoms with van der Waals surface area (Å²) in [5.74, 6) is -1.52. The third-order valence-corrected chi connectivity index (χ3v) is 7.53. The Balaban J connectivity index is 2.00. The number of hydrogen-bond donors (Lipinski definition) is 1. The Morgan fingerprint density at radius 2 is 1.81 bits per heavy atom. The molecule has 3 rings (SSSR count). The van der Waals surface area contributed by atoms with Gasteiger partial charge in [-0.15, -0.1) is 0 Å². The summed E-state index contributed by atoms with van der Waals surface area (Å²) in [4.78, 5) is 28.1. The maximum absolute atomic E-state index is 13.4. The van der Waals surface area contributed by atoms with Gasteiger partial charge in [0.05, 0.1) is 12.3 Å². The molecule has 1 aliphatic rings. The molecule has 1 atom stereocenters. The van der Waals surface area contributed by atoms with Crippen molar-refractivity contribution in [2.75, 3.05) is 23.7 Å². The number of anilines is 1. The van der Waals surface area contributed by atoms with Gasteiger partial charge in [-0.25, -0.2) is 12.8 Å². The lowest BCUT2D eigenvalue weighted by atomic mass is 9.93. The van der Waals surface area contributed by atoms with Crippen LogP contribution in [0.4, 0.5) is 10.1 Å². The Bertz CT molecular complexity index is 1130. The van der Waals surface area contributed by atoms with Crippen LogP contribution in [0.2, 0.25) is 0 Å². The molecule has 0 aromatic heterocycles. The first-order valence-corrected chi connectivity index (χ1v) is 12.0. The topological polar surface area (TPSA) is 86.8 Å². The Kier molecular flexibility index (Phi) is 6.71. The molecule has 2 amide bonds. The highest BCUT2D eigenvalue weighted by Crippen LogP contribution is 2.33. The first-order valence-electron chi connectivity index (χ1n) is 10.4. The average Bonchev–Trinajstić information content (AvgIpc) is 2.75. The van der Waals surface area contributed by atoms with Crippen LogP contribution >= 0.6 is 0 Å². The Hall–Kier alpha value is -2.78. The maximum Gasteiger partial charge on any atom is 0.247 e. The summed E-state index contributed by atoms with van der Waals surface area (Å²) in [5.41, 5.74) is 1.49. The van der Waals surface area contributed by atoms with Crippen molar-refractivity contribution in [3.63, 3.8) is 0 Å². The number of rotatable bonds is 6. The van der Waals surface area contributed by atoms with Gasteiger partial charge in [0.2, 0.25) is 21.8 Å². The summed E-state index contributed by atoms with van der Waals surface area (Å²) < 4.78 is 39.4. The van der Waals surface area contributed by atoms with E-state index in [-0.39, 0.29) is 31.2 Å². The molecule has 7 nitrogen and oxygen atoms in total. The van der Waals surface area contributed by atoms with Gasteiger partial charge in [-0.05, 0) is 62.6 Å². The normalized spacial score (nSPS) is 19.8. The fraction of sp³-hybridized carbons (Fsp3) is 0.391. The number of benzene rings is 2. The number of carbonyl (C=O) groups excluding carboxylic acids is 2. The van der Waals surface area contributed by atoms with Crippen LogP contribution < -0.4 is 10.2 Å². The molecule has 32 heavy (non-hydrogen) atoms. The number of carbonyl (C=O) groups is 2. The summed E-state index contributed by atoms with van der Waals surface area (Å²) in [6.45, 7) is 6.42. The van der Waals surface area contributed by atoms with Crippen molar-refractivity contribution >= 4 is 27.5 Å². The van der Waals surface area contributed by atoms with Gasteiger partial charge in [0.1, 0.15) is 11.4 Å². The van der Waals surface area contributed by atoms with Crippen LogP contribution in [-0.2, 0) is 26.2 Å². The molecule has 0 aliphatic carbocycles. The zero-order valence-corrected chi connectivity index (χ0v) is 19.5. The lowest BCUT2D eigenvalue weighted by Crippen LogP contribution is -2.70. The van der Waals surface area contributed by atoms with Gasteiger partial charge < -0.3 is 5.32 Å². The van der Waals surface area contributed by atoms with Crippen LogP contribution in [0.3, 0.4) is 0 Å². The predicted octanol–water partition coefficient (Wildman–Crippen LogP) is 2.52. The van der Waals surface area contributed by atoms with E-state index in [0.29, 0.717) is 11.3 Å². The van der Waals surface area contributed by atoms with Gasteiger partial charge in [0.25, 0.3) is 0 Å². The zero-order chi connectivity index (χ0) is 23.7. The highest BCUT2D eigenvalue weighted by Gasteiger charge is 2.50. The molecule has 2 aromatic carbocycles. The second kappa shape index (κ2) is 8.99. The quantitative estimate of drug-likeness (QED) is 0.716. The van der Waals surface area contributed by atoms with Crippen LogP contribution in [0.25, 0.3) is 0 Å². The van der Waals surface area contributed by atoms with Gasteiger partial charge in [-0.2, -0.15) is 4.31 Å². The molecule has 0 spiro atoms. The van der Waals surface area contributed by atoms with E-state index in [9.17, 15) is 22.4 Å². The molecule has 1 heterocycles. The molecule has 2 aromatic rings. The van der Waals surface area contributed by atoms with Gasteiger partial charge >= 0.3 is 0 Å². The number of sulfonamides is 1. The molecule has 0 bridgehead atoms. The Labute approximate surface area is 188 Å². The van der Waals surface area contributed by atoms with Gasteiger partial charge in [-0.1, -0.05) is 24.3 Å². The largest absolute Gasteiger partial charge is 0.350 e. The smallest absolute Gasteiger partial charge is 0.247 e. The van der Waals surface area contributed by atoms with E-state index in [1.807, 2.05) is 32.0 Å². The zero-order valence-electron chi connectivity index (χ0n) is 18.7. The Morgan fingerprint density at radius 1 is 1.16 bits per heavy atom. The average molecular weight is 462 g/mol. The molecular weight excluding hydrogens is 433 g/mol. The minimum atomic E-state index is -3.69. The minimum absolute atomic E-state index is 0.115. The van der Waals surface area contributed by atoms with E-state index < -0.39 is 27.4 Å². The van der Waals surface area contributed by atoms with E-state index in [0.717, 1.165) is 15.4 Å². The summed E-state index contributed by atoms with van der Waals surface area (Å²) in [7, 11) is -3.69. The van der Waals surface area contributed by atoms with Crippen molar-refractivity contribution in [1.82, 2.24) is 9.62 Å². The number of aryl methyl sites for hydroxylation is 2. The van der Waals surface area contributed by atoms with E-state index in [1.165, 1.54) is 24.0 Å². The molecule has 1 fully saturated rings. The van der Waals surface area contributed by atoms with Gasteiger partial charge in [0.15, 0.2) is 0 Å². The number of nitrogens with zero attached hydrogens (tertiary/aromatic N) is 2. The summed E-state index contributed by atoms with van der Waals surface area (Å²) >= 11 is 0. The molecule has 0 unspecified atom stereocenters.